The van der Waals surface area contributed by atoms with Gasteiger partial charge in [0.1, 0.15) is 0 Å². The van der Waals surface area contributed by atoms with Gasteiger partial charge in [-0.15, -0.1) is 0 Å². The van der Waals surface area contributed by atoms with E-state index in [9.17, 15) is 0 Å². The number of aliphatic hydroxyl groups excluding tert-OH is 6. The van der Waals surface area contributed by atoms with E-state index < -0.39 is 6.10 Å². The maximum absolute atomic E-state index is 8.78. The topological polar surface area (TPSA) is 341 Å². The summed E-state index contributed by atoms with van der Waals surface area (Å²) in [5.74, 6) is 11.7. The Balaban J connectivity index is -0.000000123. The third-order valence-electron chi connectivity index (χ3n) is 25.4. The van der Waals surface area contributed by atoms with Gasteiger partial charge in [0, 0.05) is 58.4 Å². The lowest BCUT2D eigenvalue weighted by Crippen LogP contribution is -2.36. The highest BCUT2D eigenvalue weighted by atomic mass is 16.3. The number of hydrogen-bond donors (Lipinski definition) is 15. The van der Waals surface area contributed by atoms with Gasteiger partial charge in [0.2, 0.25) is 0 Å². The summed E-state index contributed by atoms with van der Waals surface area (Å²) in [5.41, 5.74) is 40.4. The number of nitrogens with two attached hydrogens (primary N) is 7. The molecule has 0 aromatic carbocycles. The highest BCUT2D eigenvalue weighted by Gasteiger charge is 2.28. The Morgan fingerprint density at radius 1 is 0.319 bits per heavy atom. The molecule has 0 aliphatic carbocycles. The van der Waals surface area contributed by atoms with Crippen LogP contribution in [-0.4, -0.2) is 241 Å². The van der Waals surface area contributed by atoms with E-state index in [1.165, 1.54) is 199 Å². The summed E-state index contributed by atoms with van der Waals surface area (Å²) in [5, 5.41) is 58.4. The average molecular weight is 1940 g/mol. The fourth-order valence-electron chi connectivity index (χ4n) is 15.9. The molecule has 0 saturated carbocycles. The highest BCUT2D eigenvalue weighted by molar-refractivity contribution is 4.81. The molecule has 0 aromatic heterocycles. The quantitative estimate of drug-likeness (QED) is 0.0269. The van der Waals surface area contributed by atoms with Crippen LogP contribution in [-0.2, 0) is 0 Å². The van der Waals surface area contributed by atoms with Crippen molar-refractivity contribution < 1.29 is 30.6 Å². The average Bonchev–Trinajstić information content (AvgIpc) is 0.818. The smallest absolute Gasteiger partial charge is 0.0773 e. The summed E-state index contributed by atoms with van der Waals surface area (Å²) in [6, 6.07) is 0.437. The van der Waals surface area contributed by atoms with E-state index in [0.29, 0.717) is 66.7 Å². The van der Waals surface area contributed by atoms with Crippen LogP contribution < -0.4 is 50.8 Å². The fourth-order valence-corrected chi connectivity index (χ4v) is 15.9. The van der Waals surface area contributed by atoms with Gasteiger partial charge in [0.05, 0.1) is 39.1 Å². The van der Waals surface area contributed by atoms with Crippen molar-refractivity contribution in [1.82, 2.24) is 30.2 Å². The first-order chi connectivity index (χ1) is 63.3. The Hall–Kier alpha value is -0.760. The van der Waals surface area contributed by atoms with E-state index in [0.717, 1.165) is 188 Å². The van der Waals surface area contributed by atoms with Crippen molar-refractivity contribution in [2.45, 2.75) is 473 Å². The fraction of sp³-hybridized carbons (Fsp3) is 1.00. The van der Waals surface area contributed by atoms with Crippen molar-refractivity contribution in [2.24, 2.45) is 145 Å². The van der Waals surface area contributed by atoms with E-state index in [1.54, 1.807) is 0 Å². The van der Waals surface area contributed by atoms with Gasteiger partial charge in [-0.1, -0.05) is 313 Å². The van der Waals surface area contributed by atoms with Crippen LogP contribution in [0.2, 0.25) is 0 Å². The largest absolute Gasteiger partial charge is 0.395 e. The standard InChI is InChI=1S/C15H32.C13H29N.C11H27N3.C10H24N2.C10H23NO2.C9H21NO2.2C9H21N.3C8H19N.C6H14O2/c1-6-9-11-15(8-3,12-10-7-2)13-14(4)5;1-5-7-9-13(6-2,11-14)10-8-12(3)4;1-11(2)5-8-14(9-6-12-3)10-7-13-4;1-10(2)6-4-8-12(3)9-5-7-11;1-10(2)4-3-5-11(6-8-12)7-9-13;1-9(2)3-4-10(5-7-11)6-8-12;1-8(2)7-9(3)5-4-6-10;1-8(2)5-4-6-9(3)7-10;1-7(2)5-8(3,4)6-9;1-4-8(5-6-9)7(2)3;1-4-8(9)6-5-7(2)3;1-5(2)3-6(8)4-7/h14H,6-13H2,1-5H3;12H,5-11,14H2,1-4H3;11-13H,5-10H2,1-4H3;10H,4-9,11H2,1-3H3;10,12-13H,3-9H2,1-2H3;9,11-12H,3-8H2,1-2H3;2*8-9H,4-7,10H2,1-3H3;7H,5-6,9H2,1-4H3;2*7-8H,4-6,9H2,1-3H3;5-8H,3-4H2,1-2H3. The molecule has 0 fully saturated rings. The Morgan fingerprint density at radius 3 is 0.970 bits per heavy atom. The molecule has 0 aliphatic rings. The lowest BCUT2D eigenvalue weighted by Gasteiger charge is -2.35. The second-order valence-corrected chi connectivity index (χ2v) is 46.2. The number of nitrogens with zero attached hydrogens (tertiary/aromatic N) is 4. The first-order valence-electron chi connectivity index (χ1n) is 57.2. The van der Waals surface area contributed by atoms with Crippen molar-refractivity contribution in [3.05, 3.63) is 0 Å². The molecule has 0 rings (SSSR count). The predicted octanol–water partition coefficient (Wildman–Crippen LogP) is 24.7. The molecule has 0 aromatic rings. The van der Waals surface area contributed by atoms with Crippen molar-refractivity contribution in [3.8, 4) is 0 Å². The number of likely N-dealkylation sites (N-methyl/N-ethyl adjacent to an activating group) is 2. The molecule has 6 atom stereocenters. The normalized spacial score (nSPS) is 13.1. The molecule has 19 heteroatoms. The molecule has 0 saturated heterocycles. The molecule has 6 unspecified atom stereocenters. The second-order valence-electron chi connectivity index (χ2n) is 46.2. The maximum atomic E-state index is 8.78. The lowest BCUT2D eigenvalue weighted by atomic mass is 9.71. The minimum atomic E-state index is -0.519. The number of unbranched alkanes of at least 4 members (excludes halogenated alkanes) is 3. The third kappa shape index (κ3) is 144. The maximum Gasteiger partial charge on any atom is 0.0773 e. The van der Waals surface area contributed by atoms with Gasteiger partial charge in [0.25, 0.3) is 0 Å². The van der Waals surface area contributed by atoms with Crippen molar-refractivity contribution in [1.29, 1.82) is 0 Å². The third-order valence-corrected chi connectivity index (χ3v) is 25.4. The molecule has 0 aliphatic heterocycles. The number of aliphatic hydroxyl groups is 6. The van der Waals surface area contributed by atoms with Crippen molar-refractivity contribution in [2.75, 3.05) is 179 Å². The van der Waals surface area contributed by atoms with Crippen LogP contribution in [0.4, 0.5) is 0 Å². The van der Waals surface area contributed by atoms with Gasteiger partial charge in [-0.3, -0.25) is 9.80 Å². The van der Waals surface area contributed by atoms with Crippen LogP contribution in [0, 0.1) is 105 Å². The Kier molecular flexibility index (Phi) is 140. The Morgan fingerprint density at radius 2 is 0.689 bits per heavy atom. The van der Waals surface area contributed by atoms with Crippen LogP contribution in [0.25, 0.3) is 0 Å². The second kappa shape index (κ2) is 118. The summed E-state index contributed by atoms with van der Waals surface area (Å²) in [6.45, 7) is 97.2. The van der Waals surface area contributed by atoms with Crippen LogP contribution in [0.1, 0.15) is 461 Å². The molecule has 0 amide bonds. The first kappa shape index (κ1) is 159. The Bertz CT molecular complexity index is 2050. The lowest BCUT2D eigenvalue weighted by molar-refractivity contribution is 0.0782. The molecule has 834 valence electrons. The first-order valence-corrected chi connectivity index (χ1v) is 57.2. The molecule has 0 bridgehead atoms. The summed E-state index contributed by atoms with van der Waals surface area (Å²) >= 11 is 0. The minimum Gasteiger partial charge on any atom is -0.395 e. The van der Waals surface area contributed by atoms with E-state index in [2.05, 4.69) is 266 Å². The summed E-state index contributed by atoms with van der Waals surface area (Å²) in [6.07, 6.45) is 43.0. The molecule has 0 radical (unpaired) electrons. The van der Waals surface area contributed by atoms with Crippen LogP contribution >= 0.6 is 0 Å². The molecule has 0 heterocycles. The summed E-state index contributed by atoms with van der Waals surface area (Å²) in [7, 11) is 6.20. The van der Waals surface area contributed by atoms with Crippen LogP contribution in [0.3, 0.4) is 0 Å². The summed E-state index contributed by atoms with van der Waals surface area (Å²) in [4.78, 5) is 9.07. The van der Waals surface area contributed by atoms with E-state index in [-0.39, 0.29) is 33.0 Å². The minimum absolute atomic E-state index is 0.113. The molecule has 135 heavy (non-hydrogen) atoms. The van der Waals surface area contributed by atoms with Crippen LogP contribution in [0.5, 0.6) is 0 Å². The number of hydrogen-bond acceptors (Lipinski definition) is 19. The van der Waals surface area contributed by atoms with Gasteiger partial charge >= 0.3 is 0 Å². The molecule has 0 spiro atoms. The molecule has 19 nitrogen and oxygen atoms in total. The predicted molar refractivity (Wildman–Crippen MR) is 614 cm³/mol. The van der Waals surface area contributed by atoms with E-state index in [4.69, 9.17) is 70.8 Å². The molecule has 22 N–H and O–H groups in total. The van der Waals surface area contributed by atoms with E-state index in [1.807, 2.05) is 27.9 Å². The van der Waals surface area contributed by atoms with Gasteiger partial charge in [0.15, 0.2) is 0 Å². The zero-order valence-electron chi connectivity index (χ0n) is 99.8. The zero-order valence-corrected chi connectivity index (χ0v) is 99.8. The summed E-state index contributed by atoms with van der Waals surface area (Å²) < 4.78 is 0. The molecular formula is C116H269N13O6. The van der Waals surface area contributed by atoms with Crippen LogP contribution in [0.15, 0.2) is 0 Å². The van der Waals surface area contributed by atoms with Gasteiger partial charge < -0.3 is 91.2 Å². The van der Waals surface area contributed by atoms with Gasteiger partial charge in [-0.05, 0) is 346 Å². The molecular weight excluding hydrogens is 1670 g/mol. The SMILES string of the molecule is CC(C)CC(C)(C)CN.CC(C)CC(C)CCCN.CC(C)CC(O)CO.CC(C)CCCC(C)CN.CC(C)CCCN(C)CCCN.CC(C)CCCN(CCO)CCO.CC(C)CCN(CCO)CCO.CCC(CCN)C(C)C.CCC(N)CCC(C)C.CCCCC(CC)(CCCC)CC(C)C.CCCCC(CC)(CN)CCC(C)C.CNCCN(CCNC)CCC(C)C. The number of nitrogens with one attached hydrogen (secondary N) is 2. The monoisotopic (exact) mass is 1940 g/mol. The zero-order chi connectivity index (χ0) is 107. The van der Waals surface area contributed by atoms with Gasteiger partial charge in [-0.2, -0.15) is 0 Å². The number of rotatable bonds is 72. The van der Waals surface area contributed by atoms with Gasteiger partial charge in [-0.25, -0.2) is 0 Å². The van der Waals surface area contributed by atoms with Crippen molar-refractivity contribution >= 4 is 0 Å². The highest BCUT2D eigenvalue weighted by Crippen LogP contribution is 2.41. The van der Waals surface area contributed by atoms with Crippen molar-refractivity contribution in [3.63, 3.8) is 0 Å². The van der Waals surface area contributed by atoms with E-state index >= 15 is 0 Å². The Labute approximate surface area is 852 Å².